The monoisotopic (exact) mass is 342 g/mol. The van der Waals surface area contributed by atoms with Gasteiger partial charge in [-0.05, 0) is 49.6 Å². The molecule has 2 aromatic rings. The number of primary amides is 1. The van der Waals surface area contributed by atoms with Gasteiger partial charge in [-0.3, -0.25) is 14.3 Å². The fourth-order valence-corrected chi connectivity index (χ4v) is 3.10. The molecule has 7 nitrogen and oxygen atoms in total. The molecule has 1 aromatic carbocycles. The molecule has 0 spiro atoms. The van der Waals surface area contributed by atoms with Crippen molar-refractivity contribution >= 4 is 11.8 Å². The summed E-state index contributed by atoms with van der Waals surface area (Å²) in [6.45, 7) is 1.29. The van der Waals surface area contributed by atoms with Gasteiger partial charge in [0, 0.05) is 24.5 Å². The number of amides is 2. The van der Waals surface area contributed by atoms with Gasteiger partial charge in [0.15, 0.2) is 6.61 Å². The summed E-state index contributed by atoms with van der Waals surface area (Å²) in [5.41, 5.74) is 5.66. The van der Waals surface area contributed by atoms with E-state index in [2.05, 4.69) is 5.10 Å². The quantitative estimate of drug-likeness (QED) is 0.860. The first-order valence-electron chi connectivity index (χ1n) is 8.43. The van der Waals surface area contributed by atoms with E-state index in [1.54, 1.807) is 30.5 Å². The molecule has 2 N–H and O–H groups in total. The summed E-state index contributed by atoms with van der Waals surface area (Å²) in [4.78, 5) is 25.6. The van der Waals surface area contributed by atoms with Gasteiger partial charge in [0.2, 0.25) is 0 Å². The van der Waals surface area contributed by atoms with Crippen LogP contribution in [-0.4, -0.2) is 45.7 Å². The molecule has 1 atom stereocenters. The number of carbonyl (C=O) groups excluding carboxylic acids is 2. The number of likely N-dealkylation sites (tertiary alicyclic amines) is 1. The molecule has 1 aliphatic rings. The van der Waals surface area contributed by atoms with E-state index in [0.29, 0.717) is 17.9 Å². The number of aromatic nitrogens is 2. The average Bonchev–Trinajstić information content (AvgIpc) is 3.13. The van der Waals surface area contributed by atoms with Crippen LogP contribution in [-0.2, 0) is 11.3 Å². The molecule has 1 fully saturated rings. The van der Waals surface area contributed by atoms with Gasteiger partial charge in [0.1, 0.15) is 5.75 Å². The highest BCUT2D eigenvalue weighted by Crippen LogP contribution is 2.22. The Balaban J connectivity index is 1.68. The van der Waals surface area contributed by atoms with Gasteiger partial charge in [0.25, 0.3) is 11.8 Å². The standard InChI is InChI=1S/C18H22N4O3/c19-17(23)13-25-16-7-5-14(6-8-16)18(24)22-11-2-1-4-15(22)12-21-10-3-9-20-21/h3,5-10,15H,1-2,4,11-13H2,(H2,19,23)/t15-/m1/s1. The first-order valence-corrected chi connectivity index (χ1v) is 8.43. The largest absolute Gasteiger partial charge is 0.484 e. The SMILES string of the molecule is NC(=O)COc1ccc(C(=O)N2CCCC[C@@H]2Cn2cccn2)cc1. The van der Waals surface area contributed by atoms with Crippen molar-refractivity contribution in [3.63, 3.8) is 0 Å². The van der Waals surface area contributed by atoms with Crippen LogP contribution >= 0.6 is 0 Å². The van der Waals surface area contributed by atoms with E-state index in [9.17, 15) is 9.59 Å². The minimum atomic E-state index is -0.532. The number of hydrogen-bond donors (Lipinski definition) is 1. The topological polar surface area (TPSA) is 90.5 Å². The Morgan fingerprint density at radius 1 is 1.24 bits per heavy atom. The van der Waals surface area contributed by atoms with Gasteiger partial charge < -0.3 is 15.4 Å². The number of nitrogens with zero attached hydrogens (tertiary/aromatic N) is 3. The number of nitrogens with two attached hydrogens (primary N) is 1. The number of ether oxygens (including phenoxy) is 1. The molecule has 0 bridgehead atoms. The van der Waals surface area contributed by atoms with Crippen molar-refractivity contribution in [1.82, 2.24) is 14.7 Å². The Morgan fingerprint density at radius 3 is 2.72 bits per heavy atom. The second kappa shape index (κ2) is 7.83. The molecule has 0 radical (unpaired) electrons. The summed E-state index contributed by atoms with van der Waals surface area (Å²) in [6, 6.07) is 8.84. The van der Waals surface area contributed by atoms with Gasteiger partial charge in [-0.2, -0.15) is 5.10 Å². The van der Waals surface area contributed by atoms with Crippen LogP contribution in [0.1, 0.15) is 29.6 Å². The molecule has 1 aliphatic heterocycles. The lowest BCUT2D eigenvalue weighted by Gasteiger charge is -2.35. The van der Waals surface area contributed by atoms with Gasteiger partial charge in [-0.25, -0.2) is 0 Å². The molecule has 2 heterocycles. The molecular weight excluding hydrogens is 320 g/mol. The summed E-state index contributed by atoms with van der Waals surface area (Å²) >= 11 is 0. The Kier molecular flexibility index (Phi) is 5.33. The lowest BCUT2D eigenvalue weighted by atomic mass is 10.0. The van der Waals surface area contributed by atoms with Crippen LogP contribution in [0, 0.1) is 0 Å². The first kappa shape index (κ1) is 17.0. The Labute approximate surface area is 146 Å². The minimum absolute atomic E-state index is 0.0123. The Hall–Kier alpha value is -2.83. The van der Waals surface area contributed by atoms with Gasteiger partial charge >= 0.3 is 0 Å². The first-order chi connectivity index (χ1) is 12.1. The van der Waals surface area contributed by atoms with Crippen LogP contribution in [0.15, 0.2) is 42.7 Å². The molecule has 1 saturated heterocycles. The van der Waals surface area contributed by atoms with Crippen LogP contribution in [0.5, 0.6) is 5.75 Å². The zero-order valence-corrected chi connectivity index (χ0v) is 14.0. The Bertz CT molecular complexity index is 712. The van der Waals surface area contributed by atoms with E-state index in [-0.39, 0.29) is 18.6 Å². The summed E-state index contributed by atoms with van der Waals surface area (Å²) in [6.07, 6.45) is 6.78. The van der Waals surface area contributed by atoms with E-state index >= 15 is 0 Å². The number of carbonyl (C=O) groups is 2. The summed E-state index contributed by atoms with van der Waals surface area (Å²) in [5.74, 6) is -0.00433. The molecule has 25 heavy (non-hydrogen) atoms. The highest BCUT2D eigenvalue weighted by molar-refractivity contribution is 5.94. The van der Waals surface area contributed by atoms with Crippen LogP contribution in [0.25, 0.3) is 0 Å². The second-order valence-electron chi connectivity index (χ2n) is 6.16. The third kappa shape index (κ3) is 4.37. The maximum absolute atomic E-state index is 12.9. The molecule has 7 heteroatoms. The summed E-state index contributed by atoms with van der Waals surface area (Å²) in [7, 11) is 0. The predicted molar refractivity (Wildman–Crippen MR) is 92.0 cm³/mol. The molecule has 132 valence electrons. The van der Waals surface area contributed by atoms with Crippen molar-refractivity contribution < 1.29 is 14.3 Å². The highest BCUT2D eigenvalue weighted by Gasteiger charge is 2.27. The fraction of sp³-hybridized carbons (Fsp3) is 0.389. The van der Waals surface area contributed by atoms with Crippen molar-refractivity contribution in [2.45, 2.75) is 31.8 Å². The van der Waals surface area contributed by atoms with Crippen LogP contribution in [0.3, 0.4) is 0 Å². The molecule has 3 rings (SSSR count). The van der Waals surface area contributed by atoms with E-state index in [0.717, 1.165) is 25.8 Å². The van der Waals surface area contributed by atoms with Gasteiger partial charge in [-0.15, -0.1) is 0 Å². The van der Waals surface area contributed by atoms with E-state index in [1.165, 1.54) is 0 Å². The highest BCUT2D eigenvalue weighted by atomic mass is 16.5. The van der Waals surface area contributed by atoms with Crippen molar-refractivity contribution in [2.24, 2.45) is 5.73 Å². The molecule has 0 saturated carbocycles. The Morgan fingerprint density at radius 2 is 2.04 bits per heavy atom. The number of hydrogen-bond acceptors (Lipinski definition) is 4. The van der Waals surface area contributed by atoms with Crippen LogP contribution in [0.2, 0.25) is 0 Å². The predicted octanol–water partition coefficient (Wildman–Crippen LogP) is 1.44. The zero-order chi connectivity index (χ0) is 17.6. The zero-order valence-electron chi connectivity index (χ0n) is 14.0. The minimum Gasteiger partial charge on any atom is -0.484 e. The van der Waals surface area contributed by atoms with Crippen molar-refractivity contribution in [1.29, 1.82) is 0 Å². The molecule has 0 aliphatic carbocycles. The van der Waals surface area contributed by atoms with E-state index < -0.39 is 5.91 Å². The van der Waals surface area contributed by atoms with Crippen LogP contribution in [0.4, 0.5) is 0 Å². The molecule has 0 unspecified atom stereocenters. The van der Waals surface area contributed by atoms with E-state index in [1.807, 2.05) is 21.8 Å². The summed E-state index contributed by atoms with van der Waals surface area (Å²) < 4.78 is 7.10. The second-order valence-corrected chi connectivity index (χ2v) is 6.16. The average molecular weight is 342 g/mol. The summed E-state index contributed by atoms with van der Waals surface area (Å²) in [5, 5.41) is 4.25. The lowest BCUT2D eigenvalue weighted by Crippen LogP contribution is -2.45. The van der Waals surface area contributed by atoms with Crippen molar-refractivity contribution in [3.05, 3.63) is 48.3 Å². The number of benzene rings is 1. The third-order valence-corrected chi connectivity index (χ3v) is 4.33. The van der Waals surface area contributed by atoms with Crippen molar-refractivity contribution in [2.75, 3.05) is 13.2 Å². The normalized spacial score (nSPS) is 17.3. The van der Waals surface area contributed by atoms with Crippen molar-refractivity contribution in [3.8, 4) is 5.75 Å². The maximum Gasteiger partial charge on any atom is 0.255 e. The number of rotatable bonds is 6. The third-order valence-electron chi connectivity index (χ3n) is 4.33. The van der Waals surface area contributed by atoms with Crippen LogP contribution < -0.4 is 10.5 Å². The number of piperidine rings is 1. The molecular formula is C18H22N4O3. The fourth-order valence-electron chi connectivity index (χ4n) is 3.10. The molecule has 2 amide bonds. The van der Waals surface area contributed by atoms with Gasteiger partial charge in [0.05, 0.1) is 12.6 Å². The lowest BCUT2D eigenvalue weighted by molar-refractivity contribution is -0.119. The van der Waals surface area contributed by atoms with Gasteiger partial charge in [-0.1, -0.05) is 0 Å². The molecule has 1 aromatic heterocycles. The smallest absolute Gasteiger partial charge is 0.255 e. The maximum atomic E-state index is 12.9. The van der Waals surface area contributed by atoms with E-state index in [4.69, 9.17) is 10.5 Å².